The van der Waals surface area contributed by atoms with Gasteiger partial charge in [-0.1, -0.05) is 36.4 Å². The summed E-state index contributed by atoms with van der Waals surface area (Å²) in [7, 11) is 0. The molecule has 0 spiro atoms. The molecule has 176 valence electrons. The summed E-state index contributed by atoms with van der Waals surface area (Å²) in [5.74, 6) is 1.32. The SMILES string of the molecule is NCC1CCC(C(=O)N[C@@H](Cc2ccccc2)c2ncc(-c3ccc4[nH][nH]c(=O)c4c3)[nH]2)CC1. The van der Waals surface area contributed by atoms with Crippen molar-refractivity contribution in [1.29, 1.82) is 0 Å². The molecular weight excluding hydrogens is 428 g/mol. The Bertz CT molecular complexity index is 1310. The number of H-pyrrole nitrogens is 3. The highest BCUT2D eigenvalue weighted by molar-refractivity contribution is 5.83. The number of aromatic nitrogens is 4. The molecule has 0 saturated heterocycles. The second-order valence-electron chi connectivity index (χ2n) is 9.23. The molecule has 1 saturated carbocycles. The van der Waals surface area contributed by atoms with Crippen molar-refractivity contribution in [2.45, 2.75) is 38.1 Å². The van der Waals surface area contributed by atoms with Crippen LogP contribution in [-0.4, -0.2) is 32.6 Å². The van der Waals surface area contributed by atoms with Crippen LogP contribution in [0.5, 0.6) is 0 Å². The van der Waals surface area contributed by atoms with E-state index in [2.05, 4.69) is 37.6 Å². The number of carbonyl (C=O) groups excluding carboxylic acids is 1. The molecule has 1 amide bonds. The predicted molar refractivity (Wildman–Crippen MR) is 132 cm³/mol. The largest absolute Gasteiger partial charge is 0.346 e. The van der Waals surface area contributed by atoms with E-state index in [4.69, 9.17) is 5.73 Å². The number of nitrogens with zero attached hydrogens (tertiary/aromatic N) is 1. The zero-order chi connectivity index (χ0) is 23.5. The third-order valence-corrected chi connectivity index (χ3v) is 6.96. The van der Waals surface area contributed by atoms with E-state index in [1.165, 1.54) is 0 Å². The van der Waals surface area contributed by atoms with Gasteiger partial charge in [0.05, 0.1) is 28.8 Å². The zero-order valence-electron chi connectivity index (χ0n) is 19.0. The van der Waals surface area contributed by atoms with Gasteiger partial charge in [0.2, 0.25) is 5.91 Å². The Morgan fingerprint density at radius 2 is 1.88 bits per heavy atom. The van der Waals surface area contributed by atoms with Crippen LogP contribution < -0.4 is 16.6 Å². The molecule has 6 N–H and O–H groups in total. The minimum atomic E-state index is -0.282. The molecule has 1 aliphatic carbocycles. The summed E-state index contributed by atoms with van der Waals surface area (Å²) in [6.07, 6.45) is 6.15. The molecule has 4 aromatic rings. The minimum absolute atomic E-state index is 0.0122. The van der Waals surface area contributed by atoms with E-state index < -0.39 is 0 Å². The third kappa shape index (κ3) is 4.68. The van der Waals surface area contributed by atoms with Crippen LogP contribution in [-0.2, 0) is 11.2 Å². The van der Waals surface area contributed by atoms with Gasteiger partial charge < -0.3 is 16.0 Å². The topological polar surface area (TPSA) is 132 Å². The number of nitrogens with two attached hydrogens (primary N) is 1. The van der Waals surface area contributed by atoms with Crippen molar-refractivity contribution in [3.63, 3.8) is 0 Å². The van der Waals surface area contributed by atoms with Gasteiger partial charge in [-0.3, -0.25) is 19.8 Å². The van der Waals surface area contributed by atoms with E-state index in [-0.39, 0.29) is 23.4 Å². The van der Waals surface area contributed by atoms with Gasteiger partial charge in [0.25, 0.3) is 5.56 Å². The Morgan fingerprint density at radius 1 is 1.09 bits per heavy atom. The number of nitrogens with one attached hydrogen (secondary N) is 4. The van der Waals surface area contributed by atoms with Crippen molar-refractivity contribution in [2.24, 2.45) is 17.6 Å². The second-order valence-corrected chi connectivity index (χ2v) is 9.23. The molecule has 1 fully saturated rings. The normalized spacial score (nSPS) is 19.2. The molecule has 8 heteroatoms. The maximum Gasteiger partial charge on any atom is 0.271 e. The monoisotopic (exact) mass is 458 g/mol. The average molecular weight is 459 g/mol. The van der Waals surface area contributed by atoms with E-state index in [1.807, 2.05) is 36.4 Å². The van der Waals surface area contributed by atoms with Crippen molar-refractivity contribution in [3.8, 4) is 11.3 Å². The van der Waals surface area contributed by atoms with Crippen LogP contribution in [0.15, 0.2) is 59.5 Å². The first-order valence-electron chi connectivity index (χ1n) is 11.9. The Balaban J connectivity index is 1.38. The smallest absolute Gasteiger partial charge is 0.271 e. The molecule has 0 bridgehead atoms. The van der Waals surface area contributed by atoms with Crippen LogP contribution in [0.25, 0.3) is 22.2 Å². The fourth-order valence-electron chi connectivity index (χ4n) is 4.88. The summed E-state index contributed by atoms with van der Waals surface area (Å²) in [5, 5.41) is 9.32. The summed E-state index contributed by atoms with van der Waals surface area (Å²) in [6, 6.07) is 15.4. The molecule has 2 aromatic carbocycles. The molecule has 0 unspecified atom stereocenters. The Hall–Kier alpha value is -3.65. The first-order valence-corrected chi connectivity index (χ1v) is 11.9. The molecule has 2 aromatic heterocycles. The first-order chi connectivity index (χ1) is 16.6. The minimum Gasteiger partial charge on any atom is -0.346 e. The highest BCUT2D eigenvalue weighted by atomic mass is 16.2. The van der Waals surface area contributed by atoms with Crippen molar-refractivity contribution in [1.82, 2.24) is 25.5 Å². The third-order valence-electron chi connectivity index (χ3n) is 6.96. The first kappa shape index (κ1) is 22.2. The highest BCUT2D eigenvalue weighted by Gasteiger charge is 2.28. The van der Waals surface area contributed by atoms with Gasteiger partial charge >= 0.3 is 0 Å². The lowest BCUT2D eigenvalue weighted by Gasteiger charge is -2.28. The van der Waals surface area contributed by atoms with E-state index in [9.17, 15) is 9.59 Å². The van der Waals surface area contributed by atoms with Gasteiger partial charge in [0.1, 0.15) is 5.82 Å². The molecule has 34 heavy (non-hydrogen) atoms. The van der Waals surface area contributed by atoms with E-state index >= 15 is 0 Å². The molecular formula is C26H30N6O2. The Labute approximate surface area is 197 Å². The number of rotatable bonds is 7. The maximum atomic E-state index is 13.2. The summed E-state index contributed by atoms with van der Waals surface area (Å²) >= 11 is 0. The van der Waals surface area contributed by atoms with E-state index in [1.54, 1.807) is 6.20 Å². The lowest BCUT2D eigenvalue weighted by Crippen LogP contribution is -2.37. The quantitative estimate of drug-likeness (QED) is 0.290. The van der Waals surface area contributed by atoms with E-state index in [0.717, 1.165) is 48.0 Å². The standard InChI is InChI=1S/C26H30N6O2/c27-14-17-6-8-18(9-7-17)25(33)30-22(12-16-4-2-1-3-5-16)24-28-15-23(29-24)19-10-11-21-20(13-19)26(34)32-31-21/h1-5,10-11,13,15,17-18,22H,6-9,12,14,27H2,(H,28,29)(H,30,33)(H2,31,32,34)/t17?,18?,22-/m0/s1. The van der Waals surface area contributed by atoms with Crippen molar-refractivity contribution in [2.75, 3.05) is 6.54 Å². The number of benzene rings is 2. The number of aromatic amines is 3. The Morgan fingerprint density at radius 3 is 2.65 bits per heavy atom. The fraction of sp³-hybridized carbons (Fsp3) is 0.346. The number of carbonyl (C=O) groups is 1. The summed E-state index contributed by atoms with van der Waals surface area (Å²) in [4.78, 5) is 33.2. The zero-order valence-corrected chi connectivity index (χ0v) is 19.0. The van der Waals surface area contributed by atoms with Crippen LogP contribution >= 0.6 is 0 Å². The summed E-state index contributed by atoms with van der Waals surface area (Å²) in [6.45, 7) is 0.695. The number of fused-ring (bicyclic) bond motifs is 1. The predicted octanol–water partition coefficient (Wildman–Crippen LogP) is 3.41. The molecule has 0 radical (unpaired) electrons. The number of hydrogen-bond acceptors (Lipinski definition) is 4. The molecule has 0 aliphatic heterocycles. The van der Waals surface area contributed by atoms with Crippen molar-refractivity contribution in [3.05, 3.63) is 76.5 Å². The van der Waals surface area contributed by atoms with Crippen LogP contribution in [0.2, 0.25) is 0 Å². The number of imidazole rings is 1. The molecule has 1 atom stereocenters. The number of amides is 1. The van der Waals surface area contributed by atoms with Gasteiger partial charge in [0, 0.05) is 11.5 Å². The molecule has 8 nitrogen and oxygen atoms in total. The molecule has 1 aliphatic rings. The van der Waals surface area contributed by atoms with Crippen LogP contribution in [0.1, 0.15) is 43.1 Å². The van der Waals surface area contributed by atoms with Crippen LogP contribution in [0, 0.1) is 11.8 Å². The van der Waals surface area contributed by atoms with Gasteiger partial charge in [-0.25, -0.2) is 4.98 Å². The van der Waals surface area contributed by atoms with Gasteiger partial charge in [0.15, 0.2) is 0 Å². The molecule has 2 heterocycles. The summed E-state index contributed by atoms with van der Waals surface area (Å²) < 4.78 is 0. The number of hydrogen-bond donors (Lipinski definition) is 5. The average Bonchev–Trinajstić information content (AvgIpc) is 3.51. The van der Waals surface area contributed by atoms with Crippen molar-refractivity contribution < 1.29 is 4.79 Å². The highest BCUT2D eigenvalue weighted by Crippen LogP contribution is 2.29. The van der Waals surface area contributed by atoms with Crippen LogP contribution in [0.3, 0.4) is 0 Å². The summed E-state index contributed by atoms with van der Waals surface area (Å²) in [5.41, 5.74) is 9.20. The van der Waals surface area contributed by atoms with Crippen LogP contribution in [0.4, 0.5) is 0 Å². The van der Waals surface area contributed by atoms with Gasteiger partial charge in [-0.05, 0) is 62.3 Å². The van der Waals surface area contributed by atoms with E-state index in [0.29, 0.717) is 30.1 Å². The lowest BCUT2D eigenvalue weighted by atomic mass is 9.81. The Kier molecular flexibility index (Phi) is 6.31. The van der Waals surface area contributed by atoms with Gasteiger partial charge in [-0.2, -0.15) is 0 Å². The van der Waals surface area contributed by atoms with Crippen molar-refractivity contribution >= 4 is 16.8 Å². The lowest BCUT2D eigenvalue weighted by molar-refractivity contribution is -0.127. The maximum absolute atomic E-state index is 13.2. The fourth-order valence-corrected chi connectivity index (χ4v) is 4.88. The molecule has 5 rings (SSSR count). The van der Waals surface area contributed by atoms with Gasteiger partial charge in [-0.15, -0.1) is 0 Å². The second kappa shape index (κ2) is 9.69.